The Hall–Kier alpha value is 0.310. The third-order valence-electron chi connectivity index (χ3n) is 1.87. The van der Waals surface area contributed by atoms with Crippen LogP contribution in [0.5, 0.6) is 0 Å². The summed E-state index contributed by atoms with van der Waals surface area (Å²) in [6.45, 7) is 1.23. The zero-order chi connectivity index (χ0) is 6.53. The summed E-state index contributed by atoms with van der Waals surface area (Å²) in [6, 6.07) is 0.817. The van der Waals surface area contributed by atoms with Crippen molar-refractivity contribution in [3.8, 4) is 0 Å². The van der Waals surface area contributed by atoms with Crippen molar-refractivity contribution >= 4 is 12.6 Å². The quantitative estimate of drug-likeness (QED) is 0.573. The molecular formula is C7H15NS. The van der Waals surface area contributed by atoms with Crippen LogP contribution in [0, 0.1) is 0 Å². The molecule has 1 aliphatic rings. The van der Waals surface area contributed by atoms with E-state index in [9.17, 15) is 0 Å². The zero-order valence-electron chi connectivity index (χ0n) is 5.77. The molecule has 0 radical (unpaired) electrons. The van der Waals surface area contributed by atoms with Crippen LogP contribution in [0.25, 0.3) is 0 Å². The second-order valence-electron chi connectivity index (χ2n) is 2.66. The van der Waals surface area contributed by atoms with Crippen molar-refractivity contribution in [3.05, 3.63) is 0 Å². The molecule has 1 nitrogen and oxygen atoms in total. The summed E-state index contributed by atoms with van der Waals surface area (Å²) in [4.78, 5) is 0. The minimum absolute atomic E-state index is 0.817. The minimum atomic E-state index is 0.817. The van der Waals surface area contributed by atoms with Crippen LogP contribution in [0.3, 0.4) is 0 Å². The van der Waals surface area contributed by atoms with Crippen LogP contribution >= 0.6 is 12.6 Å². The van der Waals surface area contributed by atoms with Crippen molar-refractivity contribution in [2.24, 2.45) is 0 Å². The van der Waals surface area contributed by atoms with Gasteiger partial charge in [0.15, 0.2) is 0 Å². The Morgan fingerprint density at radius 2 is 2.44 bits per heavy atom. The van der Waals surface area contributed by atoms with Gasteiger partial charge in [0.1, 0.15) is 0 Å². The van der Waals surface area contributed by atoms with Gasteiger partial charge in [-0.05, 0) is 38.0 Å². The number of thiol groups is 1. The maximum absolute atomic E-state index is 4.17. The Morgan fingerprint density at radius 3 is 3.00 bits per heavy atom. The number of nitrogens with one attached hydrogen (secondary N) is 1. The average Bonchev–Trinajstić information content (AvgIpc) is 2.34. The molecule has 0 aromatic heterocycles. The molecule has 0 aromatic rings. The summed E-state index contributed by atoms with van der Waals surface area (Å²) in [5, 5.41) is 3.46. The molecule has 1 N–H and O–H groups in total. The third-order valence-corrected chi connectivity index (χ3v) is 2.19. The van der Waals surface area contributed by atoms with E-state index in [2.05, 4.69) is 17.9 Å². The number of hydrogen-bond donors (Lipinski definition) is 2. The predicted octanol–water partition coefficient (Wildman–Crippen LogP) is 1.45. The fourth-order valence-corrected chi connectivity index (χ4v) is 1.52. The molecular weight excluding hydrogens is 130 g/mol. The van der Waals surface area contributed by atoms with Gasteiger partial charge in [-0.1, -0.05) is 0 Å². The van der Waals surface area contributed by atoms with Gasteiger partial charge < -0.3 is 5.32 Å². The molecule has 1 atom stereocenters. The second-order valence-corrected chi connectivity index (χ2v) is 3.11. The lowest BCUT2D eigenvalue weighted by atomic mass is 10.1. The van der Waals surface area contributed by atoms with Crippen LogP contribution in [0.4, 0.5) is 0 Å². The van der Waals surface area contributed by atoms with Crippen LogP contribution in [0.1, 0.15) is 25.7 Å². The summed E-state index contributed by atoms with van der Waals surface area (Å²) in [7, 11) is 0. The van der Waals surface area contributed by atoms with Crippen LogP contribution in [-0.2, 0) is 0 Å². The second kappa shape index (κ2) is 4.18. The maximum atomic E-state index is 4.17. The largest absolute Gasteiger partial charge is 0.314 e. The molecule has 0 aromatic carbocycles. The fraction of sp³-hybridized carbons (Fsp3) is 1.00. The zero-order valence-corrected chi connectivity index (χ0v) is 6.66. The summed E-state index contributed by atoms with van der Waals surface area (Å²) in [5.41, 5.74) is 0. The van der Waals surface area contributed by atoms with Crippen molar-refractivity contribution in [1.82, 2.24) is 5.32 Å². The molecule has 0 saturated carbocycles. The number of rotatable bonds is 3. The van der Waals surface area contributed by atoms with Gasteiger partial charge >= 0.3 is 0 Å². The Bertz CT molecular complexity index is 69.3. The van der Waals surface area contributed by atoms with E-state index in [0.717, 1.165) is 11.8 Å². The molecule has 0 bridgehead atoms. The molecule has 54 valence electrons. The van der Waals surface area contributed by atoms with E-state index in [0.29, 0.717) is 0 Å². The van der Waals surface area contributed by atoms with E-state index in [1.807, 2.05) is 0 Å². The van der Waals surface area contributed by atoms with Crippen LogP contribution in [-0.4, -0.2) is 18.3 Å². The first-order chi connectivity index (χ1) is 4.43. The topological polar surface area (TPSA) is 12.0 Å². The van der Waals surface area contributed by atoms with E-state index in [1.165, 1.54) is 32.2 Å². The SMILES string of the molecule is SCCCC1CCCN1. The summed E-state index contributed by atoms with van der Waals surface area (Å²) in [5.74, 6) is 1.04. The van der Waals surface area contributed by atoms with Crippen LogP contribution in [0.2, 0.25) is 0 Å². The smallest absolute Gasteiger partial charge is 0.00678 e. The van der Waals surface area contributed by atoms with Crippen molar-refractivity contribution in [1.29, 1.82) is 0 Å². The van der Waals surface area contributed by atoms with E-state index in [1.54, 1.807) is 0 Å². The summed E-state index contributed by atoms with van der Waals surface area (Å²) >= 11 is 4.17. The van der Waals surface area contributed by atoms with Gasteiger partial charge in [0.2, 0.25) is 0 Å². The molecule has 1 fully saturated rings. The lowest BCUT2D eigenvalue weighted by Crippen LogP contribution is -2.20. The first-order valence-corrected chi connectivity index (χ1v) is 4.41. The van der Waals surface area contributed by atoms with Gasteiger partial charge in [0.25, 0.3) is 0 Å². The Morgan fingerprint density at radius 1 is 1.56 bits per heavy atom. The molecule has 0 spiro atoms. The average molecular weight is 145 g/mol. The van der Waals surface area contributed by atoms with Crippen molar-refractivity contribution in [3.63, 3.8) is 0 Å². The standard InChI is InChI=1S/C7H15NS/c9-6-2-4-7-3-1-5-8-7/h7-9H,1-6H2. The van der Waals surface area contributed by atoms with Gasteiger partial charge in [-0.15, -0.1) is 0 Å². The molecule has 1 saturated heterocycles. The summed E-state index contributed by atoms with van der Waals surface area (Å²) in [6.07, 6.45) is 5.34. The highest BCUT2D eigenvalue weighted by molar-refractivity contribution is 7.80. The predicted molar refractivity (Wildman–Crippen MR) is 44.1 cm³/mol. The van der Waals surface area contributed by atoms with E-state index in [4.69, 9.17) is 0 Å². The van der Waals surface area contributed by atoms with Crippen molar-refractivity contribution < 1.29 is 0 Å². The highest BCUT2D eigenvalue weighted by Crippen LogP contribution is 2.10. The number of hydrogen-bond acceptors (Lipinski definition) is 2. The lowest BCUT2D eigenvalue weighted by Gasteiger charge is -2.06. The molecule has 9 heavy (non-hydrogen) atoms. The molecule has 1 unspecified atom stereocenters. The van der Waals surface area contributed by atoms with Crippen molar-refractivity contribution in [2.45, 2.75) is 31.7 Å². The Balaban J connectivity index is 1.98. The molecule has 1 rings (SSSR count). The highest BCUT2D eigenvalue weighted by atomic mass is 32.1. The normalized spacial score (nSPS) is 27.0. The third kappa shape index (κ3) is 2.59. The Kier molecular flexibility index (Phi) is 3.44. The maximum Gasteiger partial charge on any atom is 0.00678 e. The fourth-order valence-electron chi connectivity index (χ4n) is 1.34. The summed E-state index contributed by atoms with van der Waals surface area (Å²) < 4.78 is 0. The molecule has 1 heterocycles. The first kappa shape index (κ1) is 7.42. The van der Waals surface area contributed by atoms with Crippen LogP contribution in [0.15, 0.2) is 0 Å². The van der Waals surface area contributed by atoms with Crippen LogP contribution < -0.4 is 5.32 Å². The molecule has 0 aliphatic carbocycles. The van der Waals surface area contributed by atoms with Gasteiger partial charge in [-0.2, -0.15) is 12.6 Å². The highest BCUT2D eigenvalue weighted by Gasteiger charge is 2.11. The van der Waals surface area contributed by atoms with Gasteiger partial charge in [0, 0.05) is 6.04 Å². The van der Waals surface area contributed by atoms with Gasteiger partial charge in [0.05, 0.1) is 0 Å². The lowest BCUT2D eigenvalue weighted by molar-refractivity contribution is 0.554. The van der Waals surface area contributed by atoms with Crippen molar-refractivity contribution in [2.75, 3.05) is 12.3 Å². The monoisotopic (exact) mass is 145 g/mol. The van der Waals surface area contributed by atoms with E-state index in [-0.39, 0.29) is 0 Å². The molecule has 0 amide bonds. The minimum Gasteiger partial charge on any atom is -0.314 e. The molecule has 1 aliphatic heterocycles. The first-order valence-electron chi connectivity index (χ1n) is 3.77. The van der Waals surface area contributed by atoms with E-state index < -0.39 is 0 Å². The van der Waals surface area contributed by atoms with E-state index >= 15 is 0 Å². The Labute approximate surface area is 62.6 Å². The van der Waals surface area contributed by atoms with Gasteiger partial charge in [-0.25, -0.2) is 0 Å². The molecule has 2 heteroatoms. The van der Waals surface area contributed by atoms with Gasteiger partial charge in [-0.3, -0.25) is 0 Å².